The number of nitrogens with zero attached hydrogens (tertiary/aromatic N) is 3. The highest BCUT2D eigenvalue weighted by Crippen LogP contribution is 2.07. The van der Waals surface area contributed by atoms with E-state index in [0.717, 1.165) is 29.6 Å². The van der Waals surface area contributed by atoms with Gasteiger partial charge >= 0.3 is 0 Å². The zero-order valence-corrected chi connectivity index (χ0v) is 9.71. The molecule has 2 aromatic heterocycles. The van der Waals surface area contributed by atoms with Crippen molar-refractivity contribution in [2.24, 2.45) is 7.05 Å². The first-order chi connectivity index (χ1) is 7.25. The Morgan fingerprint density at radius 2 is 2.33 bits per heavy atom. The molecular weight excluding hydrogens is 208 g/mol. The van der Waals surface area contributed by atoms with E-state index in [2.05, 4.69) is 20.7 Å². The van der Waals surface area contributed by atoms with E-state index in [9.17, 15) is 0 Å². The van der Waals surface area contributed by atoms with Gasteiger partial charge in [-0.15, -0.1) is 11.3 Å². The van der Waals surface area contributed by atoms with Gasteiger partial charge in [0.05, 0.1) is 17.2 Å². The first-order valence-corrected chi connectivity index (χ1v) is 5.71. The highest BCUT2D eigenvalue weighted by Gasteiger charge is 2.00. The van der Waals surface area contributed by atoms with Crippen molar-refractivity contribution in [3.8, 4) is 0 Å². The van der Waals surface area contributed by atoms with Gasteiger partial charge in [0.2, 0.25) is 0 Å². The van der Waals surface area contributed by atoms with Crippen LogP contribution in [0.2, 0.25) is 0 Å². The maximum absolute atomic E-state index is 4.38. The van der Waals surface area contributed by atoms with Crippen LogP contribution in [0.4, 0.5) is 0 Å². The Hall–Kier alpha value is -1.20. The number of hydrogen-bond donors (Lipinski definition) is 1. The Balaban J connectivity index is 1.83. The van der Waals surface area contributed by atoms with E-state index in [4.69, 9.17) is 0 Å². The molecule has 0 aromatic carbocycles. The van der Waals surface area contributed by atoms with Gasteiger partial charge in [0, 0.05) is 31.4 Å². The second-order valence-electron chi connectivity index (χ2n) is 3.42. The fourth-order valence-electron chi connectivity index (χ4n) is 1.36. The van der Waals surface area contributed by atoms with Crippen molar-refractivity contribution in [2.75, 3.05) is 0 Å². The molecule has 0 saturated heterocycles. The van der Waals surface area contributed by atoms with Crippen LogP contribution in [0.1, 0.15) is 16.5 Å². The van der Waals surface area contributed by atoms with Crippen molar-refractivity contribution >= 4 is 11.3 Å². The molecule has 4 nitrogen and oxygen atoms in total. The summed E-state index contributed by atoms with van der Waals surface area (Å²) >= 11 is 1.68. The summed E-state index contributed by atoms with van der Waals surface area (Å²) in [6, 6.07) is 0. The number of aryl methyl sites for hydroxylation is 2. The molecule has 0 aliphatic heterocycles. The van der Waals surface area contributed by atoms with E-state index < -0.39 is 0 Å². The van der Waals surface area contributed by atoms with Crippen molar-refractivity contribution < 1.29 is 0 Å². The fourth-order valence-corrected chi connectivity index (χ4v) is 1.97. The normalized spacial score (nSPS) is 10.8. The van der Waals surface area contributed by atoms with Gasteiger partial charge in [-0.2, -0.15) is 0 Å². The summed E-state index contributed by atoms with van der Waals surface area (Å²) < 4.78 is 2.01. The average Bonchev–Trinajstić information content (AvgIpc) is 2.77. The number of nitrogens with one attached hydrogen (secondary N) is 1. The molecular formula is C10H14N4S. The molecule has 0 saturated carbocycles. The minimum Gasteiger partial charge on any atom is -0.337 e. The van der Waals surface area contributed by atoms with E-state index in [1.165, 1.54) is 0 Å². The van der Waals surface area contributed by atoms with Crippen molar-refractivity contribution in [3.63, 3.8) is 0 Å². The van der Waals surface area contributed by atoms with Crippen molar-refractivity contribution in [3.05, 3.63) is 34.3 Å². The molecule has 0 amide bonds. The van der Waals surface area contributed by atoms with Crippen LogP contribution in [0.15, 0.2) is 17.8 Å². The molecule has 1 N–H and O–H groups in total. The highest BCUT2D eigenvalue weighted by atomic mass is 32.1. The monoisotopic (exact) mass is 222 g/mol. The third-order valence-electron chi connectivity index (χ3n) is 2.18. The van der Waals surface area contributed by atoms with Gasteiger partial charge in [0.25, 0.3) is 0 Å². The fraction of sp³-hybridized carbons (Fsp3) is 0.400. The molecule has 5 heteroatoms. The summed E-state index contributed by atoms with van der Waals surface area (Å²) in [5.74, 6) is 1.04. The largest absolute Gasteiger partial charge is 0.337 e. The van der Waals surface area contributed by atoms with E-state index in [-0.39, 0.29) is 0 Å². The molecule has 80 valence electrons. The summed E-state index contributed by atoms with van der Waals surface area (Å²) in [5, 5.41) is 6.52. The van der Waals surface area contributed by atoms with Crippen LogP contribution < -0.4 is 5.32 Å². The predicted octanol–water partition coefficient (Wildman–Crippen LogP) is 1.47. The van der Waals surface area contributed by atoms with E-state index >= 15 is 0 Å². The minimum atomic E-state index is 0.778. The lowest BCUT2D eigenvalue weighted by Crippen LogP contribution is -2.15. The van der Waals surface area contributed by atoms with Crippen LogP contribution in [0.3, 0.4) is 0 Å². The quantitative estimate of drug-likeness (QED) is 0.852. The summed E-state index contributed by atoms with van der Waals surface area (Å²) in [4.78, 5) is 8.62. The van der Waals surface area contributed by atoms with Crippen LogP contribution in [0.25, 0.3) is 0 Å². The van der Waals surface area contributed by atoms with Gasteiger partial charge < -0.3 is 9.88 Å². The van der Waals surface area contributed by atoms with E-state index in [0.29, 0.717) is 0 Å². The van der Waals surface area contributed by atoms with Gasteiger partial charge in [-0.25, -0.2) is 9.97 Å². The topological polar surface area (TPSA) is 42.7 Å². The molecule has 0 atom stereocenters. The number of rotatable bonds is 4. The van der Waals surface area contributed by atoms with Crippen LogP contribution in [-0.4, -0.2) is 14.5 Å². The van der Waals surface area contributed by atoms with Crippen LogP contribution >= 0.6 is 11.3 Å². The van der Waals surface area contributed by atoms with Crippen molar-refractivity contribution in [2.45, 2.75) is 20.0 Å². The van der Waals surface area contributed by atoms with Gasteiger partial charge in [-0.05, 0) is 6.92 Å². The molecule has 0 bridgehead atoms. The third-order valence-corrected chi connectivity index (χ3v) is 3.00. The maximum Gasteiger partial charge on any atom is 0.122 e. The molecule has 2 heterocycles. The second kappa shape index (κ2) is 4.55. The first-order valence-electron chi connectivity index (χ1n) is 4.83. The molecule has 15 heavy (non-hydrogen) atoms. The van der Waals surface area contributed by atoms with Gasteiger partial charge in [-0.3, -0.25) is 0 Å². The van der Waals surface area contributed by atoms with Gasteiger partial charge in [-0.1, -0.05) is 0 Å². The Labute approximate surface area is 93.0 Å². The lowest BCUT2D eigenvalue weighted by Gasteiger charge is -2.02. The molecule has 0 aliphatic carbocycles. The molecule has 0 unspecified atom stereocenters. The lowest BCUT2D eigenvalue weighted by atomic mass is 10.4. The highest BCUT2D eigenvalue weighted by molar-refractivity contribution is 7.09. The van der Waals surface area contributed by atoms with Crippen LogP contribution in [-0.2, 0) is 20.1 Å². The first kappa shape index (κ1) is 10.3. The van der Waals surface area contributed by atoms with Crippen molar-refractivity contribution in [1.29, 1.82) is 0 Å². The smallest absolute Gasteiger partial charge is 0.122 e. The zero-order chi connectivity index (χ0) is 10.7. The summed E-state index contributed by atoms with van der Waals surface area (Å²) in [5.41, 5.74) is 1.10. The average molecular weight is 222 g/mol. The predicted molar refractivity (Wildman–Crippen MR) is 60.6 cm³/mol. The number of aromatic nitrogens is 3. The summed E-state index contributed by atoms with van der Waals surface area (Å²) in [6.45, 7) is 3.60. The molecule has 0 fully saturated rings. The Morgan fingerprint density at radius 1 is 1.47 bits per heavy atom. The number of imidazole rings is 1. The van der Waals surface area contributed by atoms with Crippen molar-refractivity contribution in [1.82, 2.24) is 19.9 Å². The molecule has 0 radical (unpaired) electrons. The Kier molecular flexibility index (Phi) is 3.13. The summed E-state index contributed by atoms with van der Waals surface area (Å²) in [7, 11) is 2.00. The number of thiazole rings is 1. The molecule has 2 aromatic rings. The molecule has 0 aliphatic rings. The Bertz CT molecular complexity index is 432. The number of hydrogen-bond acceptors (Lipinski definition) is 4. The van der Waals surface area contributed by atoms with Gasteiger partial charge in [0.1, 0.15) is 5.82 Å². The van der Waals surface area contributed by atoms with E-state index in [1.54, 1.807) is 11.3 Å². The zero-order valence-electron chi connectivity index (χ0n) is 8.90. The molecule has 2 rings (SSSR count). The maximum atomic E-state index is 4.38. The minimum absolute atomic E-state index is 0.778. The molecule has 0 spiro atoms. The van der Waals surface area contributed by atoms with Crippen LogP contribution in [0, 0.1) is 6.92 Å². The standard InChI is InChI=1S/C10H14N4S/c1-8-13-9(7-15-8)5-11-6-10-12-3-4-14(10)2/h3-4,7,11H,5-6H2,1-2H3. The lowest BCUT2D eigenvalue weighted by molar-refractivity contribution is 0.632. The van der Waals surface area contributed by atoms with E-state index in [1.807, 2.05) is 30.9 Å². The third kappa shape index (κ3) is 2.64. The summed E-state index contributed by atoms with van der Waals surface area (Å²) in [6.07, 6.45) is 3.76. The Morgan fingerprint density at radius 3 is 2.93 bits per heavy atom. The second-order valence-corrected chi connectivity index (χ2v) is 4.48. The van der Waals surface area contributed by atoms with Crippen LogP contribution in [0.5, 0.6) is 0 Å². The SMILES string of the molecule is Cc1nc(CNCc2nccn2C)cs1. The van der Waals surface area contributed by atoms with Gasteiger partial charge in [0.15, 0.2) is 0 Å².